The van der Waals surface area contributed by atoms with E-state index in [-0.39, 0.29) is 42.1 Å². The predicted octanol–water partition coefficient (Wildman–Crippen LogP) is 4.41. The summed E-state index contributed by atoms with van der Waals surface area (Å²) in [5.74, 6) is -1.99. The van der Waals surface area contributed by atoms with E-state index < -0.39 is 35.4 Å². The smallest absolute Gasteiger partial charge is 0.352 e. The Morgan fingerprint density at radius 2 is 1.50 bits per heavy atom. The van der Waals surface area contributed by atoms with Gasteiger partial charge < -0.3 is 15.5 Å². The lowest BCUT2D eigenvalue weighted by Crippen LogP contribution is -2.55. The Kier molecular flexibility index (Phi) is 8.70. The van der Waals surface area contributed by atoms with Crippen molar-refractivity contribution in [2.45, 2.75) is 51.4 Å². The third-order valence-corrected chi connectivity index (χ3v) is 6.43. The van der Waals surface area contributed by atoms with Gasteiger partial charge in [0.15, 0.2) is 0 Å². The van der Waals surface area contributed by atoms with Gasteiger partial charge in [-0.15, -0.1) is 0 Å². The van der Waals surface area contributed by atoms with Crippen molar-refractivity contribution in [2.24, 2.45) is 5.92 Å². The molecule has 0 saturated carbocycles. The molecule has 1 fully saturated rings. The zero-order chi connectivity index (χ0) is 26.5. The first-order valence-electron chi connectivity index (χ1n) is 11.8. The summed E-state index contributed by atoms with van der Waals surface area (Å²) in [5.41, 5.74) is -0.463. The van der Waals surface area contributed by atoms with Gasteiger partial charge in [0, 0.05) is 30.3 Å². The fraction of sp³-hybridized carbons (Fsp3) is 0.423. The molecule has 0 radical (unpaired) electrons. The van der Waals surface area contributed by atoms with Gasteiger partial charge in [0.1, 0.15) is 11.9 Å². The average molecular weight is 508 g/mol. The minimum Gasteiger partial charge on any atom is -0.352 e. The first-order chi connectivity index (χ1) is 17.0. The molecule has 1 saturated heterocycles. The van der Waals surface area contributed by atoms with Gasteiger partial charge in [-0.25, -0.2) is 4.39 Å². The summed E-state index contributed by atoms with van der Waals surface area (Å²) in [6.07, 6.45) is -2.96. The quantitative estimate of drug-likeness (QED) is 0.545. The molecule has 194 valence electrons. The molecule has 1 heterocycles. The molecule has 2 N–H and O–H groups in total. The van der Waals surface area contributed by atoms with E-state index in [1.165, 1.54) is 17.0 Å². The third-order valence-electron chi connectivity index (χ3n) is 6.43. The van der Waals surface area contributed by atoms with Crippen LogP contribution in [-0.2, 0) is 11.0 Å². The summed E-state index contributed by atoms with van der Waals surface area (Å²) in [4.78, 5) is 40.1. The molecule has 1 aliphatic heterocycles. The van der Waals surface area contributed by atoms with E-state index in [0.717, 1.165) is 36.4 Å². The van der Waals surface area contributed by atoms with Gasteiger partial charge in [0.05, 0.1) is 5.56 Å². The molecule has 6 nitrogen and oxygen atoms in total. The highest BCUT2D eigenvalue weighted by molar-refractivity contribution is 5.97. The summed E-state index contributed by atoms with van der Waals surface area (Å²) in [5, 5.41) is 5.65. The number of nitrogens with one attached hydrogen (secondary N) is 2. The fourth-order valence-electron chi connectivity index (χ4n) is 4.08. The SMILES string of the molecule is CC[C@@H](C)NC(=O)[C@H](NC(=O)c1ccc(F)cc1)C1CCN(C(=O)c2ccc(C(F)(F)F)cc2)CC1. The van der Waals surface area contributed by atoms with Crippen molar-refractivity contribution in [1.82, 2.24) is 15.5 Å². The third kappa shape index (κ3) is 6.83. The maximum absolute atomic E-state index is 13.2. The highest BCUT2D eigenvalue weighted by atomic mass is 19.4. The molecule has 36 heavy (non-hydrogen) atoms. The second kappa shape index (κ2) is 11.5. The van der Waals surface area contributed by atoms with Crippen molar-refractivity contribution in [2.75, 3.05) is 13.1 Å². The predicted molar refractivity (Wildman–Crippen MR) is 126 cm³/mol. The number of alkyl halides is 3. The van der Waals surface area contributed by atoms with Crippen LogP contribution in [0.1, 0.15) is 59.4 Å². The van der Waals surface area contributed by atoms with Gasteiger partial charge >= 0.3 is 6.18 Å². The molecular formula is C26H29F4N3O3. The van der Waals surface area contributed by atoms with Crippen molar-refractivity contribution in [3.05, 3.63) is 71.0 Å². The van der Waals surface area contributed by atoms with E-state index in [1.54, 1.807) is 0 Å². The lowest BCUT2D eigenvalue weighted by molar-refractivity contribution is -0.137. The van der Waals surface area contributed by atoms with Gasteiger partial charge in [-0.3, -0.25) is 14.4 Å². The number of piperidine rings is 1. The molecule has 3 rings (SSSR count). The van der Waals surface area contributed by atoms with E-state index in [4.69, 9.17) is 0 Å². The molecule has 3 amide bonds. The standard InChI is InChI=1S/C26H29F4N3O3/c1-3-16(2)31-24(35)22(32-23(34)18-6-10-21(27)11-7-18)17-12-14-33(15-13-17)25(36)19-4-8-20(9-5-19)26(28,29)30/h4-11,16-17,22H,3,12-15H2,1-2H3,(H,31,35)(H,32,34)/t16-,22-/m1/s1. The maximum Gasteiger partial charge on any atom is 0.416 e. The molecule has 0 aromatic heterocycles. The van der Waals surface area contributed by atoms with Crippen LogP contribution in [0.15, 0.2) is 48.5 Å². The minimum absolute atomic E-state index is 0.107. The highest BCUT2D eigenvalue weighted by Gasteiger charge is 2.35. The van der Waals surface area contributed by atoms with Crippen molar-refractivity contribution in [3.63, 3.8) is 0 Å². The van der Waals surface area contributed by atoms with Crippen LogP contribution in [0, 0.1) is 11.7 Å². The lowest BCUT2D eigenvalue weighted by Gasteiger charge is -2.36. The number of amides is 3. The maximum atomic E-state index is 13.2. The molecule has 2 atom stereocenters. The van der Waals surface area contributed by atoms with Crippen LogP contribution in [0.25, 0.3) is 0 Å². The van der Waals surface area contributed by atoms with E-state index in [9.17, 15) is 31.9 Å². The molecule has 1 aliphatic rings. The van der Waals surface area contributed by atoms with E-state index in [2.05, 4.69) is 10.6 Å². The normalized spacial score (nSPS) is 16.2. The molecule has 2 aromatic rings. The molecule has 0 unspecified atom stereocenters. The van der Waals surface area contributed by atoms with E-state index in [1.807, 2.05) is 13.8 Å². The Morgan fingerprint density at radius 3 is 2.03 bits per heavy atom. The second-order valence-electron chi connectivity index (χ2n) is 8.98. The Labute approximate surface area is 207 Å². The molecule has 0 bridgehead atoms. The first-order valence-corrected chi connectivity index (χ1v) is 11.8. The average Bonchev–Trinajstić information content (AvgIpc) is 2.86. The molecular weight excluding hydrogens is 478 g/mol. The van der Waals surface area contributed by atoms with Crippen LogP contribution < -0.4 is 10.6 Å². The number of likely N-dealkylation sites (tertiary alicyclic amines) is 1. The van der Waals surface area contributed by atoms with Crippen LogP contribution in [0.5, 0.6) is 0 Å². The Morgan fingerprint density at radius 1 is 0.944 bits per heavy atom. The van der Waals surface area contributed by atoms with Gasteiger partial charge in [-0.1, -0.05) is 6.92 Å². The van der Waals surface area contributed by atoms with Crippen molar-refractivity contribution < 1.29 is 31.9 Å². The molecule has 10 heteroatoms. The summed E-state index contributed by atoms with van der Waals surface area (Å²) in [6, 6.07) is 8.08. The van der Waals surface area contributed by atoms with Gasteiger partial charge in [-0.2, -0.15) is 13.2 Å². The number of hydrogen-bond donors (Lipinski definition) is 2. The van der Waals surface area contributed by atoms with Crippen LogP contribution in [-0.4, -0.2) is 47.8 Å². The lowest BCUT2D eigenvalue weighted by atomic mass is 9.88. The van der Waals surface area contributed by atoms with E-state index in [0.29, 0.717) is 19.3 Å². The zero-order valence-corrected chi connectivity index (χ0v) is 20.1. The van der Waals surface area contributed by atoms with Crippen molar-refractivity contribution in [3.8, 4) is 0 Å². The van der Waals surface area contributed by atoms with Gasteiger partial charge in [0.25, 0.3) is 11.8 Å². The van der Waals surface area contributed by atoms with Gasteiger partial charge in [0.2, 0.25) is 5.91 Å². The van der Waals surface area contributed by atoms with Gasteiger partial charge in [-0.05, 0) is 80.6 Å². The number of halogens is 4. The first kappa shape index (κ1) is 27.2. The van der Waals surface area contributed by atoms with E-state index >= 15 is 0 Å². The number of benzene rings is 2. The Hall–Kier alpha value is -3.43. The number of hydrogen-bond acceptors (Lipinski definition) is 3. The molecule has 0 aliphatic carbocycles. The summed E-state index contributed by atoms with van der Waals surface area (Å²) in [6.45, 7) is 4.33. The topological polar surface area (TPSA) is 78.5 Å². The Balaban J connectivity index is 1.68. The van der Waals surface area contributed by atoms with Crippen molar-refractivity contribution >= 4 is 17.7 Å². The Bertz CT molecular complexity index is 1060. The van der Waals surface area contributed by atoms with Crippen LogP contribution in [0.3, 0.4) is 0 Å². The van der Waals surface area contributed by atoms with Crippen LogP contribution in [0.4, 0.5) is 17.6 Å². The fourth-order valence-corrected chi connectivity index (χ4v) is 4.08. The number of carbonyl (C=O) groups excluding carboxylic acids is 3. The molecule has 0 spiro atoms. The monoisotopic (exact) mass is 507 g/mol. The summed E-state index contributed by atoms with van der Waals surface area (Å²) >= 11 is 0. The highest BCUT2D eigenvalue weighted by Crippen LogP contribution is 2.29. The number of carbonyl (C=O) groups is 3. The second-order valence-corrected chi connectivity index (χ2v) is 8.98. The largest absolute Gasteiger partial charge is 0.416 e. The minimum atomic E-state index is -4.48. The summed E-state index contributed by atoms with van der Waals surface area (Å²) < 4.78 is 51.6. The summed E-state index contributed by atoms with van der Waals surface area (Å²) in [7, 11) is 0. The number of rotatable bonds is 7. The van der Waals surface area contributed by atoms with Crippen LogP contribution >= 0.6 is 0 Å². The van der Waals surface area contributed by atoms with Crippen LogP contribution in [0.2, 0.25) is 0 Å². The van der Waals surface area contributed by atoms with Crippen molar-refractivity contribution in [1.29, 1.82) is 0 Å². The molecule has 2 aromatic carbocycles. The number of nitrogens with zero attached hydrogens (tertiary/aromatic N) is 1. The zero-order valence-electron chi connectivity index (χ0n) is 20.1.